The molecule has 0 bridgehead atoms. The van der Waals surface area contributed by atoms with Crippen LogP contribution in [0.4, 0.5) is 0 Å². The lowest BCUT2D eigenvalue weighted by Crippen LogP contribution is -2.33. The monoisotopic (exact) mass is 404 g/mol. The smallest absolute Gasteiger partial charge is 0.274 e. The fourth-order valence-corrected chi connectivity index (χ4v) is 3.39. The molecule has 1 atom stereocenters. The number of ether oxygens (including phenoxy) is 1. The molecule has 0 aliphatic carbocycles. The van der Waals surface area contributed by atoms with Gasteiger partial charge in [-0.25, -0.2) is 9.67 Å². The highest BCUT2D eigenvalue weighted by Crippen LogP contribution is 2.23. The molecule has 0 spiro atoms. The van der Waals surface area contributed by atoms with Crippen molar-refractivity contribution >= 4 is 16.9 Å². The number of imidazole rings is 1. The summed E-state index contributed by atoms with van der Waals surface area (Å²) in [6.07, 6.45) is 0. The van der Waals surface area contributed by atoms with E-state index in [0.717, 1.165) is 28.3 Å². The van der Waals surface area contributed by atoms with Gasteiger partial charge in [0, 0.05) is 0 Å². The van der Waals surface area contributed by atoms with Crippen LogP contribution in [0.1, 0.15) is 41.9 Å². The van der Waals surface area contributed by atoms with Gasteiger partial charge in [0.25, 0.3) is 5.91 Å². The summed E-state index contributed by atoms with van der Waals surface area (Å²) in [6.45, 7) is 5.91. The molecule has 4 rings (SSSR count). The van der Waals surface area contributed by atoms with Gasteiger partial charge in [0.05, 0.1) is 35.6 Å². The maximum absolute atomic E-state index is 13.0. The van der Waals surface area contributed by atoms with E-state index in [1.807, 2.05) is 69.3 Å². The number of rotatable bonds is 6. The maximum Gasteiger partial charge on any atom is 0.274 e. The van der Waals surface area contributed by atoms with Crippen molar-refractivity contribution in [1.29, 1.82) is 0 Å². The summed E-state index contributed by atoms with van der Waals surface area (Å²) < 4.78 is 6.83. The molecule has 30 heavy (non-hydrogen) atoms. The summed E-state index contributed by atoms with van der Waals surface area (Å²) in [5.74, 6) is 1.32. The number of amides is 1. The number of fused-ring (bicyclic) bond motifs is 1. The largest absolute Gasteiger partial charge is 0.497 e. The molecule has 0 fully saturated rings. The van der Waals surface area contributed by atoms with Gasteiger partial charge in [0.1, 0.15) is 11.6 Å². The van der Waals surface area contributed by atoms with Crippen molar-refractivity contribution < 1.29 is 9.53 Å². The van der Waals surface area contributed by atoms with E-state index in [9.17, 15) is 4.79 Å². The molecule has 0 aliphatic rings. The van der Waals surface area contributed by atoms with Crippen LogP contribution >= 0.6 is 0 Å². The number of hydrogen-bond donors (Lipinski definition) is 2. The minimum atomic E-state index is -0.286. The summed E-state index contributed by atoms with van der Waals surface area (Å²) >= 11 is 0. The van der Waals surface area contributed by atoms with Gasteiger partial charge in [-0.1, -0.05) is 31.2 Å². The summed E-state index contributed by atoms with van der Waals surface area (Å²) in [6, 6.07) is 14.9. The lowest BCUT2D eigenvalue weighted by atomic mass is 10.0. The first-order valence-electron chi connectivity index (χ1n) is 9.80. The minimum Gasteiger partial charge on any atom is -0.497 e. The van der Waals surface area contributed by atoms with Crippen molar-refractivity contribution in [3.05, 3.63) is 65.7 Å². The Morgan fingerprint density at radius 1 is 1.13 bits per heavy atom. The second-order valence-electron chi connectivity index (χ2n) is 7.47. The highest BCUT2D eigenvalue weighted by molar-refractivity contribution is 5.93. The Labute approximate surface area is 174 Å². The Hall–Kier alpha value is -3.68. The third kappa shape index (κ3) is 3.63. The van der Waals surface area contributed by atoms with Crippen LogP contribution < -0.4 is 10.1 Å². The molecule has 2 aromatic carbocycles. The zero-order valence-electron chi connectivity index (χ0n) is 17.4. The number of benzene rings is 2. The molecule has 0 aliphatic heterocycles. The van der Waals surface area contributed by atoms with Gasteiger partial charge in [0.15, 0.2) is 5.69 Å². The van der Waals surface area contributed by atoms with Gasteiger partial charge in [-0.3, -0.25) is 4.79 Å². The summed E-state index contributed by atoms with van der Waals surface area (Å²) in [4.78, 5) is 21.0. The number of carbonyl (C=O) groups excluding carboxylic acids is 1. The molecule has 1 amide bonds. The molecule has 8 heteroatoms. The second-order valence-corrected chi connectivity index (χ2v) is 7.47. The Bertz CT molecular complexity index is 1140. The van der Waals surface area contributed by atoms with E-state index in [4.69, 9.17) is 4.74 Å². The molecule has 2 N–H and O–H groups in total. The van der Waals surface area contributed by atoms with Crippen LogP contribution in [0.25, 0.3) is 16.7 Å². The number of hydrogen-bond acceptors (Lipinski definition) is 5. The number of aromatic amines is 1. The van der Waals surface area contributed by atoms with E-state index in [2.05, 4.69) is 25.6 Å². The first-order valence-corrected chi connectivity index (χ1v) is 9.80. The molecule has 0 radical (unpaired) electrons. The van der Waals surface area contributed by atoms with Crippen LogP contribution in [-0.2, 0) is 0 Å². The molecule has 154 valence electrons. The van der Waals surface area contributed by atoms with Crippen LogP contribution in [0.2, 0.25) is 0 Å². The van der Waals surface area contributed by atoms with E-state index in [1.165, 1.54) is 0 Å². The molecular weight excluding hydrogens is 380 g/mol. The minimum absolute atomic E-state index is 0.131. The highest BCUT2D eigenvalue weighted by Gasteiger charge is 2.25. The Morgan fingerprint density at radius 2 is 1.87 bits per heavy atom. The number of carbonyl (C=O) groups is 1. The van der Waals surface area contributed by atoms with Crippen molar-refractivity contribution in [3.63, 3.8) is 0 Å². The highest BCUT2D eigenvalue weighted by atomic mass is 16.5. The molecule has 2 aromatic heterocycles. The Morgan fingerprint density at radius 3 is 2.53 bits per heavy atom. The zero-order valence-corrected chi connectivity index (χ0v) is 17.4. The number of aromatic nitrogens is 5. The van der Waals surface area contributed by atoms with Crippen molar-refractivity contribution in [3.8, 4) is 11.4 Å². The first-order chi connectivity index (χ1) is 14.5. The van der Waals surface area contributed by atoms with Gasteiger partial charge in [-0.15, -0.1) is 5.10 Å². The molecule has 2 heterocycles. The number of methoxy groups -OCH3 is 1. The predicted molar refractivity (Wildman–Crippen MR) is 114 cm³/mol. The van der Waals surface area contributed by atoms with Gasteiger partial charge in [-0.05, 0) is 49.2 Å². The molecule has 4 aromatic rings. The predicted octanol–water partition coefficient (Wildman–Crippen LogP) is 3.59. The third-order valence-electron chi connectivity index (χ3n) is 5.08. The third-order valence-corrected chi connectivity index (χ3v) is 5.08. The van der Waals surface area contributed by atoms with Crippen LogP contribution in [-0.4, -0.2) is 38.0 Å². The average molecular weight is 404 g/mol. The normalized spacial score (nSPS) is 12.3. The Balaban J connectivity index is 1.59. The Kier molecular flexibility index (Phi) is 5.22. The van der Waals surface area contributed by atoms with E-state index >= 15 is 0 Å². The van der Waals surface area contributed by atoms with Gasteiger partial charge in [0.2, 0.25) is 0 Å². The summed E-state index contributed by atoms with van der Waals surface area (Å²) in [7, 11) is 1.62. The quantitative estimate of drug-likeness (QED) is 0.512. The molecule has 0 saturated heterocycles. The van der Waals surface area contributed by atoms with Gasteiger partial charge in [-0.2, -0.15) is 0 Å². The average Bonchev–Trinajstić information content (AvgIpc) is 3.35. The number of H-pyrrole nitrogens is 1. The van der Waals surface area contributed by atoms with Crippen LogP contribution in [0.3, 0.4) is 0 Å². The summed E-state index contributed by atoms with van der Waals surface area (Å²) in [5.41, 5.74) is 3.55. The van der Waals surface area contributed by atoms with Crippen molar-refractivity contribution in [2.45, 2.75) is 26.8 Å². The van der Waals surface area contributed by atoms with Crippen molar-refractivity contribution in [2.24, 2.45) is 5.92 Å². The van der Waals surface area contributed by atoms with E-state index < -0.39 is 0 Å². The fourth-order valence-electron chi connectivity index (χ4n) is 3.39. The lowest BCUT2D eigenvalue weighted by Gasteiger charge is -2.19. The lowest BCUT2D eigenvalue weighted by molar-refractivity contribution is 0.0917. The van der Waals surface area contributed by atoms with E-state index in [0.29, 0.717) is 5.69 Å². The molecule has 1 unspecified atom stereocenters. The number of nitrogens with one attached hydrogen (secondary N) is 2. The molecule has 8 nitrogen and oxygen atoms in total. The van der Waals surface area contributed by atoms with Crippen LogP contribution in [0, 0.1) is 12.8 Å². The standard InChI is InChI=1S/C22H24N6O2/c1-13(2)19(21-23-17-7-5-6-8-18(17)24-21)25-22(29)20-14(3)28(27-26-20)15-9-11-16(30-4)12-10-15/h5-13,19H,1-4H3,(H,23,24)(H,25,29). The molecular formula is C22H24N6O2. The fraction of sp³-hybridized carbons (Fsp3) is 0.273. The van der Waals surface area contributed by atoms with E-state index in [1.54, 1.807) is 11.8 Å². The number of para-hydroxylation sites is 2. The maximum atomic E-state index is 13.0. The van der Waals surface area contributed by atoms with Crippen molar-refractivity contribution in [2.75, 3.05) is 7.11 Å². The zero-order chi connectivity index (χ0) is 21.3. The van der Waals surface area contributed by atoms with E-state index in [-0.39, 0.29) is 23.6 Å². The first kappa shape index (κ1) is 19.6. The second kappa shape index (κ2) is 7.98. The van der Waals surface area contributed by atoms with Gasteiger partial charge < -0.3 is 15.0 Å². The SMILES string of the molecule is COc1ccc(-n2nnc(C(=O)NC(c3nc4ccccc4[nH]3)C(C)C)c2C)cc1. The van der Waals surface area contributed by atoms with Crippen LogP contribution in [0.15, 0.2) is 48.5 Å². The van der Waals surface area contributed by atoms with Crippen molar-refractivity contribution in [1.82, 2.24) is 30.3 Å². The van der Waals surface area contributed by atoms with Gasteiger partial charge >= 0.3 is 0 Å². The molecule has 0 saturated carbocycles. The van der Waals surface area contributed by atoms with Crippen LogP contribution in [0.5, 0.6) is 5.75 Å². The topological polar surface area (TPSA) is 97.7 Å². The summed E-state index contributed by atoms with van der Waals surface area (Å²) in [5, 5.41) is 11.4. The number of nitrogens with zero attached hydrogens (tertiary/aromatic N) is 4.